The lowest BCUT2D eigenvalue weighted by Crippen LogP contribution is -2.29. The first-order chi connectivity index (χ1) is 9.70. The van der Waals surface area contributed by atoms with Crippen LogP contribution in [-0.4, -0.2) is 36.8 Å². The van der Waals surface area contributed by atoms with Gasteiger partial charge in [0, 0.05) is 17.6 Å². The van der Waals surface area contributed by atoms with Crippen LogP contribution in [0, 0.1) is 10.1 Å². The van der Waals surface area contributed by atoms with Crippen molar-refractivity contribution in [2.45, 2.75) is 6.18 Å². The summed E-state index contributed by atoms with van der Waals surface area (Å²) in [7, 11) is 0. The van der Waals surface area contributed by atoms with Crippen LogP contribution in [0.5, 0.6) is 0 Å². The molecule has 0 atom stereocenters. The molecule has 0 fully saturated rings. The molecule has 1 amide bonds. The summed E-state index contributed by atoms with van der Waals surface area (Å²) in [5.41, 5.74) is -0.726. The summed E-state index contributed by atoms with van der Waals surface area (Å²) in [6, 6.07) is 3.42. The van der Waals surface area contributed by atoms with Gasteiger partial charge in [0.05, 0.1) is 11.5 Å². The molecule has 0 aliphatic carbocycles. The molecule has 116 valence electrons. The number of nitro benzene ring substituents is 1. The number of benzene rings is 1. The van der Waals surface area contributed by atoms with Crippen molar-refractivity contribution in [2.24, 2.45) is 0 Å². The zero-order chi connectivity index (χ0) is 16.0. The van der Waals surface area contributed by atoms with Crippen molar-refractivity contribution in [3.63, 3.8) is 0 Å². The van der Waals surface area contributed by atoms with Gasteiger partial charge in [0.25, 0.3) is 11.6 Å². The summed E-state index contributed by atoms with van der Waals surface area (Å²) in [6.07, 6.45) is -4.45. The first-order valence-corrected chi connectivity index (χ1v) is 5.95. The third-order valence-electron chi connectivity index (χ3n) is 2.20. The molecule has 6 nitrogen and oxygen atoms in total. The number of ether oxygens (including phenoxy) is 1. The van der Waals surface area contributed by atoms with Gasteiger partial charge in [-0.15, -0.1) is 0 Å². The van der Waals surface area contributed by atoms with Gasteiger partial charge in [-0.2, -0.15) is 13.2 Å². The Bertz CT molecular complexity index is 537. The predicted molar refractivity (Wildman–Crippen MR) is 67.3 cm³/mol. The Hall–Kier alpha value is -1.87. The minimum absolute atomic E-state index is 0.124. The lowest BCUT2D eigenvalue weighted by molar-refractivity contribution is -0.385. The maximum atomic E-state index is 11.8. The first-order valence-electron chi connectivity index (χ1n) is 5.57. The van der Waals surface area contributed by atoms with Gasteiger partial charge in [-0.25, -0.2) is 0 Å². The van der Waals surface area contributed by atoms with Crippen molar-refractivity contribution in [3.8, 4) is 0 Å². The Morgan fingerprint density at radius 2 is 2.10 bits per heavy atom. The number of nitrogens with zero attached hydrogens (tertiary/aromatic N) is 1. The second kappa shape index (κ2) is 7.23. The fraction of sp³-hybridized carbons (Fsp3) is 0.364. The minimum atomic E-state index is -4.45. The van der Waals surface area contributed by atoms with Gasteiger partial charge >= 0.3 is 6.18 Å². The molecule has 0 saturated carbocycles. The monoisotopic (exact) mass is 326 g/mol. The molecule has 1 aromatic carbocycles. The second-order valence-electron chi connectivity index (χ2n) is 3.84. The van der Waals surface area contributed by atoms with E-state index >= 15 is 0 Å². The standard InChI is InChI=1S/C11H10ClF3N2O4/c12-7-1-2-9(17(19)20)8(5-7)10(18)16-3-4-21-6-11(13,14)15/h1-2,5H,3-4,6H2,(H,16,18). The highest BCUT2D eigenvalue weighted by atomic mass is 35.5. The first kappa shape index (κ1) is 17.2. The number of carbonyl (C=O) groups excluding carboxylic acids is 1. The van der Waals surface area contributed by atoms with Gasteiger partial charge in [-0.3, -0.25) is 14.9 Å². The fourth-order valence-corrected chi connectivity index (χ4v) is 1.54. The molecule has 0 aromatic heterocycles. The van der Waals surface area contributed by atoms with Crippen LogP contribution < -0.4 is 5.32 Å². The van der Waals surface area contributed by atoms with Crippen LogP contribution in [-0.2, 0) is 4.74 Å². The number of halogens is 4. The Morgan fingerprint density at radius 1 is 1.43 bits per heavy atom. The molecule has 1 aromatic rings. The summed E-state index contributed by atoms with van der Waals surface area (Å²) >= 11 is 5.65. The molecule has 0 aliphatic rings. The van der Waals surface area contributed by atoms with Crippen molar-refractivity contribution in [2.75, 3.05) is 19.8 Å². The minimum Gasteiger partial charge on any atom is -0.370 e. The number of rotatable bonds is 6. The Balaban J connectivity index is 2.56. The normalized spacial score (nSPS) is 11.2. The van der Waals surface area contributed by atoms with Gasteiger partial charge in [0.1, 0.15) is 12.2 Å². The van der Waals surface area contributed by atoms with E-state index in [4.69, 9.17) is 11.6 Å². The van der Waals surface area contributed by atoms with Crippen LogP contribution in [0.1, 0.15) is 10.4 Å². The van der Waals surface area contributed by atoms with E-state index in [1.807, 2.05) is 0 Å². The van der Waals surface area contributed by atoms with E-state index in [9.17, 15) is 28.1 Å². The summed E-state index contributed by atoms with van der Waals surface area (Å²) in [5, 5.41) is 13.1. The van der Waals surface area contributed by atoms with E-state index < -0.39 is 29.3 Å². The summed E-state index contributed by atoms with van der Waals surface area (Å²) < 4.78 is 39.7. The quantitative estimate of drug-likeness (QED) is 0.495. The van der Waals surface area contributed by atoms with Crippen LogP contribution in [0.2, 0.25) is 5.02 Å². The summed E-state index contributed by atoms with van der Waals surface area (Å²) in [4.78, 5) is 21.7. The number of hydrogen-bond acceptors (Lipinski definition) is 4. The predicted octanol–water partition coefficient (Wildman–Crippen LogP) is 2.56. The van der Waals surface area contributed by atoms with Gasteiger partial charge < -0.3 is 10.1 Å². The molecule has 0 spiro atoms. The fourth-order valence-electron chi connectivity index (χ4n) is 1.37. The highest BCUT2D eigenvalue weighted by molar-refractivity contribution is 6.31. The molecule has 10 heteroatoms. The topological polar surface area (TPSA) is 81.5 Å². The molecule has 0 aliphatic heterocycles. The van der Waals surface area contributed by atoms with E-state index in [0.29, 0.717) is 0 Å². The third-order valence-corrected chi connectivity index (χ3v) is 2.43. The maximum absolute atomic E-state index is 11.8. The number of nitro groups is 1. The molecule has 1 N–H and O–H groups in total. The Morgan fingerprint density at radius 3 is 2.67 bits per heavy atom. The Kier molecular flexibility index (Phi) is 5.91. The highest BCUT2D eigenvalue weighted by Gasteiger charge is 2.27. The van der Waals surface area contributed by atoms with Gasteiger partial charge in [0.15, 0.2) is 0 Å². The van der Waals surface area contributed by atoms with Gasteiger partial charge in [0.2, 0.25) is 0 Å². The molecule has 0 heterocycles. The van der Waals surface area contributed by atoms with Crippen LogP contribution in [0.3, 0.4) is 0 Å². The van der Waals surface area contributed by atoms with Gasteiger partial charge in [-0.1, -0.05) is 11.6 Å². The van der Waals surface area contributed by atoms with Crippen molar-refractivity contribution in [1.82, 2.24) is 5.32 Å². The number of alkyl halides is 3. The van der Waals surface area contributed by atoms with E-state index in [-0.39, 0.29) is 23.7 Å². The van der Waals surface area contributed by atoms with Crippen LogP contribution >= 0.6 is 11.6 Å². The molecule has 0 radical (unpaired) electrons. The van der Waals surface area contributed by atoms with Crippen molar-refractivity contribution in [1.29, 1.82) is 0 Å². The SMILES string of the molecule is O=C(NCCOCC(F)(F)F)c1cc(Cl)ccc1[N+](=O)[O-]. The molecular weight excluding hydrogens is 317 g/mol. The highest BCUT2D eigenvalue weighted by Crippen LogP contribution is 2.22. The Labute approximate surface area is 122 Å². The van der Waals surface area contributed by atoms with Gasteiger partial charge in [-0.05, 0) is 12.1 Å². The van der Waals surface area contributed by atoms with Crippen molar-refractivity contribution < 1.29 is 27.6 Å². The smallest absolute Gasteiger partial charge is 0.370 e. The second-order valence-corrected chi connectivity index (χ2v) is 4.28. The van der Waals surface area contributed by atoms with E-state index in [1.54, 1.807) is 0 Å². The lowest BCUT2D eigenvalue weighted by atomic mass is 10.1. The van der Waals surface area contributed by atoms with Crippen LogP contribution in [0.25, 0.3) is 0 Å². The maximum Gasteiger partial charge on any atom is 0.411 e. The van der Waals surface area contributed by atoms with E-state index in [2.05, 4.69) is 10.1 Å². The average molecular weight is 327 g/mol. The number of amides is 1. The van der Waals surface area contributed by atoms with Crippen molar-refractivity contribution in [3.05, 3.63) is 38.9 Å². The molecular formula is C11H10ClF3N2O4. The molecule has 0 unspecified atom stereocenters. The zero-order valence-corrected chi connectivity index (χ0v) is 11.2. The molecule has 0 bridgehead atoms. The number of nitrogens with one attached hydrogen (secondary N) is 1. The average Bonchev–Trinajstić information content (AvgIpc) is 2.36. The van der Waals surface area contributed by atoms with E-state index in [1.165, 1.54) is 6.07 Å². The number of hydrogen-bond donors (Lipinski definition) is 1. The summed E-state index contributed by atoms with van der Waals surface area (Å²) in [5.74, 6) is -0.820. The molecule has 0 saturated heterocycles. The largest absolute Gasteiger partial charge is 0.411 e. The van der Waals surface area contributed by atoms with E-state index in [0.717, 1.165) is 12.1 Å². The molecule has 21 heavy (non-hydrogen) atoms. The van der Waals surface area contributed by atoms with Crippen LogP contribution in [0.15, 0.2) is 18.2 Å². The number of carbonyl (C=O) groups is 1. The van der Waals surface area contributed by atoms with Crippen LogP contribution in [0.4, 0.5) is 18.9 Å². The zero-order valence-electron chi connectivity index (χ0n) is 10.4. The van der Waals surface area contributed by atoms with Crippen molar-refractivity contribution >= 4 is 23.2 Å². The third kappa shape index (κ3) is 5.96. The lowest BCUT2D eigenvalue weighted by Gasteiger charge is -2.09. The molecule has 1 rings (SSSR count). The summed E-state index contributed by atoms with van der Waals surface area (Å²) in [6.45, 7) is -2.03.